The maximum Gasteiger partial charge on any atom is 0.405 e. The number of hydrogen-bond acceptors (Lipinski definition) is 2. The molecule has 0 rings (SSSR count). The minimum absolute atomic E-state index is 0.421. The first kappa shape index (κ1) is 9.50. The molecule has 2 N–H and O–H groups in total. The fraction of sp³-hybridized carbons (Fsp3) is 0.429. The molecule has 60 valence electrons. The maximum absolute atomic E-state index is 10.8. The van der Waals surface area contributed by atoms with Crippen LogP contribution >= 0.6 is 0 Å². The van der Waals surface area contributed by atoms with Crippen LogP contribution in [0.1, 0.15) is 13.8 Å². The molecule has 0 radical (unpaired) electrons. The van der Waals surface area contributed by atoms with Crippen molar-refractivity contribution < 1.29 is 14.7 Å². The van der Waals surface area contributed by atoms with Crippen molar-refractivity contribution >= 4 is 11.9 Å². The molecule has 0 bridgehead atoms. The van der Waals surface area contributed by atoms with E-state index in [1.807, 2.05) is 5.32 Å². The quantitative estimate of drug-likeness (QED) is 0.443. The molecule has 4 nitrogen and oxygen atoms in total. The van der Waals surface area contributed by atoms with Gasteiger partial charge in [-0.1, -0.05) is 5.92 Å². The SMILES string of the molecule is CC#CC(=O)C(C)NC(=O)O. The van der Waals surface area contributed by atoms with Crippen LogP contribution in [0.3, 0.4) is 0 Å². The van der Waals surface area contributed by atoms with Gasteiger partial charge in [0.1, 0.15) is 6.04 Å². The first-order valence-corrected chi connectivity index (χ1v) is 3.04. The van der Waals surface area contributed by atoms with E-state index < -0.39 is 17.9 Å². The van der Waals surface area contributed by atoms with E-state index in [-0.39, 0.29) is 0 Å². The fourth-order valence-corrected chi connectivity index (χ4v) is 0.482. The Kier molecular flexibility index (Phi) is 3.75. The lowest BCUT2D eigenvalue weighted by Gasteiger charge is -2.04. The lowest BCUT2D eigenvalue weighted by atomic mass is 10.2. The topological polar surface area (TPSA) is 66.4 Å². The summed E-state index contributed by atoms with van der Waals surface area (Å²) in [6.45, 7) is 2.96. The lowest BCUT2D eigenvalue weighted by molar-refractivity contribution is -0.115. The Morgan fingerprint density at radius 1 is 1.55 bits per heavy atom. The van der Waals surface area contributed by atoms with Crippen molar-refractivity contribution in [2.75, 3.05) is 0 Å². The van der Waals surface area contributed by atoms with Crippen molar-refractivity contribution in [1.82, 2.24) is 5.32 Å². The van der Waals surface area contributed by atoms with Crippen LogP contribution in [-0.4, -0.2) is 23.0 Å². The van der Waals surface area contributed by atoms with Crippen molar-refractivity contribution in [1.29, 1.82) is 0 Å². The zero-order valence-electron chi connectivity index (χ0n) is 6.34. The smallest absolute Gasteiger partial charge is 0.405 e. The molecule has 0 fully saturated rings. The van der Waals surface area contributed by atoms with Gasteiger partial charge in [0.25, 0.3) is 0 Å². The van der Waals surface area contributed by atoms with Gasteiger partial charge in [0.05, 0.1) is 0 Å². The molecule has 0 saturated carbocycles. The normalized spacial score (nSPS) is 10.7. The highest BCUT2D eigenvalue weighted by atomic mass is 16.4. The Bertz CT molecular complexity index is 224. The van der Waals surface area contributed by atoms with Crippen LogP contribution in [-0.2, 0) is 4.79 Å². The lowest BCUT2D eigenvalue weighted by Crippen LogP contribution is -2.36. The number of nitrogens with one attached hydrogen (secondary N) is 1. The first-order valence-electron chi connectivity index (χ1n) is 3.04. The van der Waals surface area contributed by atoms with Crippen LogP contribution in [0.15, 0.2) is 0 Å². The highest BCUT2D eigenvalue weighted by Gasteiger charge is 2.11. The Balaban J connectivity index is 4.00. The van der Waals surface area contributed by atoms with Gasteiger partial charge in [-0.05, 0) is 19.8 Å². The highest BCUT2D eigenvalue weighted by molar-refractivity contribution is 6.00. The van der Waals surface area contributed by atoms with Gasteiger partial charge in [-0.2, -0.15) is 0 Å². The second-order valence-corrected chi connectivity index (χ2v) is 1.91. The van der Waals surface area contributed by atoms with Gasteiger partial charge in [0.15, 0.2) is 0 Å². The number of carbonyl (C=O) groups is 2. The van der Waals surface area contributed by atoms with Crippen molar-refractivity contribution in [2.24, 2.45) is 0 Å². The van der Waals surface area contributed by atoms with Crippen LogP contribution in [0.2, 0.25) is 0 Å². The van der Waals surface area contributed by atoms with E-state index in [0.717, 1.165) is 0 Å². The molecule has 0 aromatic heterocycles. The minimum atomic E-state index is -1.22. The molecular weight excluding hydrogens is 146 g/mol. The summed E-state index contributed by atoms with van der Waals surface area (Å²) < 4.78 is 0. The number of rotatable bonds is 2. The molecule has 0 spiro atoms. The molecule has 0 aromatic carbocycles. The largest absolute Gasteiger partial charge is 0.465 e. The predicted octanol–water partition coefficient (Wildman–Crippen LogP) is 0.235. The molecule has 4 heteroatoms. The number of Topliss-reactive ketones (excluding diaryl/α,β-unsaturated/α-hetero) is 1. The summed E-state index contributed by atoms with van der Waals surface area (Å²) in [6, 6.07) is -0.750. The average Bonchev–Trinajstić information content (AvgIpc) is 1.86. The van der Waals surface area contributed by atoms with E-state index >= 15 is 0 Å². The van der Waals surface area contributed by atoms with Gasteiger partial charge < -0.3 is 10.4 Å². The number of amides is 1. The summed E-state index contributed by atoms with van der Waals surface area (Å²) in [7, 11) is 0. The molecular formula is C7H9NO3. The summed E-state index contributed by atoms with van der Waals surface area (Å²) in [5.41, 5.74) is 0. The summed E-state index contributed by atoms with van der Waals surface area (Å²) in [4.78, 5) is 20.8. The first-order chi connectivity index (χ1) is 5.07. The van der Waals surface area contributed by atoms with E-state index in [0.29, 0.717) is 0 Å². The van der Waals surface area contributed by atoms with Gasteiger partial charge in [0.2, 0.25) is 5.78 Å². The Labute approximate surface area is 64.6 Å². The number of carbonyl (C=O) groups excluding carboxylic acids is 1. The van der Waals surface area contributed by atoms with E-state index in [2.05, 4.69) is 11.8 Å². The van der Waals surface area contributed by atoms with Crippen molar-refractivity contribution in [3.05, 3.63) is 0 Å². The number of carboxylic acid groups (broad SMARTS) is 1. The van der Waals surface area contributed by atoms with Gasteiger partial charge in [-0.25, -0.2) is 4.79 Å². The monoisotopic (exact) mass is 155 g/mol. The third-order valence-corrected chi connectivity index (χ3v) is 0.981. The molecule has 1 unspecified atom stereocenters. The Morgan fingerprint density at radius 2 is 2.09 bits per heavy atom. The van der Waals surface area contributed by atoms with Crippen LogP contribution in [0, 0.1) is 11.8 Å². The van der Waals surface area contributed by atoms with Gasteiger partial charge >= 0.3 is 6.09 Å². The average molecular weight is 155 g/mol. The van der Waals surface area contributed by atoms with Gasteiger partial charge in [0, 0.05) is 0 Å². The molecule has 0 aliphatic rings. The summed E-state index contributed by atoms with van der Waals surface area (Å²) in [5, 5.41) is 10.2. The molecule has 0 saturated heterocycles. The van der Waals surface area contributed by atoms with Crippen LogP contribution in [0.5, 0.6) is 0 Å². The zero-order valence-corrected chi connectivity index (χ0v) is 6.34. The Morgan fingerprint density at radius 3 is 2.45 bits per heavy atom. The third kappa shape index (κ3) is 3.98. The Hall–Kier alpha value is -1.50. The van der Waals surface area contributed by atoms with E-state index in [4.69, 9.17) is 5.11 Å². The summed E-state index contributed by atoms with van der Waals surface area (Å²) >= 11 is 0. The number of ketones is 1. The van der Waals surface area contributed by atoms with Crippen LogP contribution < -0.4 is 5.32 Å². The van der Waals surface area contributed by atoms with Crippen molar-refractivity contribution in [3.63, 3.8) is 0 Å². The third-order valence-electron chi connectivity index (χ3n) is 0.981. The maximum atomic E-state index is 10.8. The second kappa shape index (κ2) is 4.34. The molecule has 0 aromatic rings. The standard InChI is InChI=1S/C7H9NO3/c1-3-4-6(9)5(2)8-7(10)11/h5,8H,1-2H3,(H,10,11). The minimum Gasteiger partial charge on any atom is -0.465 e. The van der Waals surface area contributed by atoms with Crippen LogP contribution in [0.25, 0.3) is 0 Å². The van der Waals surface area contributed by atoms with Crippen LogP contribution in [0.4, 0.5) is 4.79 Å². The summed E-state index contributed by atoms with van der Waals surface area (Å²) in [6.07, 6.45) is -1.22. The summed E-state index contributed by atoms with van der Waals surface area (Å²) in [5.74, 6) is 4.20. The van der Waals surface area contributed by atoms with E-state index in [1.54, 1.807) is 0 Å². The molecule has 0 aliphatic heterocycles. The highest BCUT2D eigenvalue weighted by Crippen LogP contribution is 1.82. The fourth-order valence-electron chi connectivity index (χ4n) is 0.482. The van der Waals surface area contributed by atoms with E-state index in [1.165, 1.54) is 13.8 Å². The van der Waals surface area contributed by atoms with Gasteiger partial charge in [-0.15, -0.1) is 0 Å². The number of hydrogen-bond donors (Lipinski definition) is 2. The van der Waals surface area contributed by atoms with Crippen molar-refractivity contribution in [2.45, 2.75) is 19.9 Å². The molecule has 0 heterocycles. The van der Waals surface area contributed by atoms with E-state index in [9.17, 15) is 9.59 Å². The zero-order chi connectivity index (χ0) is 8.85. The molecule has 1 atom stereocenters. The van der Waals surface area contributed by atoms with Crippen molar-refractivity contribution in [3.8, 4) is 11.8 Å². The van der Waals surface area contributed by atoms with Gasteiger partial charge in [-0.3, -0.25) is 4.79 Å². The molecule has 11 heavy (non-hydrogen) atoms. The second-order valence-electron chi connectivity index (χ2n) is 1.91. The molecule has 0 aliphatic carbocycles. The predicted molar refractivity (Wildman–Crippen MR) is 39.1 cm³/mol. The molecule has 1 amide bonds.